The summed E-state index contributed by atoms with van der Waals surface area (Å²) in [6.07, 6.45) is 0.393. The van der Waals surface area contributed by atoms with Crippen LogP contribution in [0.5, 0.6) is 0 Å². The molecule has 1 aliphatic rings. The van der Waals surface area contributed by atoms with Gasteiger partial charge in [0.05, 0.1) is 12.1 Å². The van der Waals surface area contributed by atoms with Gasteiger partial charge in [-0.2, -0.15) is 0 Å². The van der Waals surface area contributed by atoms with Crippen LogP contribution in [0, 0.1) is 0 Å². The highest BCUT2D eigenvalue weighted by atomic mass is 79.9. The van der Waals surface area contributed by atoms with Crippen molar-refractivity contribution in [1.82, 2.24) is 15.2 Å². The number of nitrogens with one attached hydrogen (secondary N) is 1. The number of rotatable bonds is 3. The van der Waals surface area contributed by atoms with E-state index in [1.54, 1.807) is 11.3 Å². The van der Waals surface area contributed by atoms with Crippen LogP contribution < -0.4 is 5.32 Å². The molecular formula is C15H16BrN3OS. The van der Waals surface area contributed by atoms with Crippen LogP contribution >= 0.6 is 27.3 Å². The van der Waals surface area contributed by atoms with E-state index in [0.717, 1.165) is 46.9 Å². The summed E-state index contributed by atoms with van der Waals surface area (Å²) >= 11 is 5.05. The van der Waals surface area contributed by atoms with Crippen molar-refractivity contribution in [3.05, 3.63) is 39.8 Å². The van der Waals surface area contributed by atoms with E-state index < -0.39 is 0 Å². The molecule has 1 N–H and O–H groups in total. The minimum absolute atomic E-state index is 0.169. The van der Waals surface area contributed by atoms with E-state index >= 15 is 0 Å². The maximum absolute atomic E-state index is 12.2. The average Bonchev–Trinajstić information content (AvgIpc) is 2.97. The molecule has 0 atom stereocenters. The minimum atomic E-state index is 0.169. The quantitative estimate of drug-likeness (QED) is 0.908. The number of hydrogen-bond acceptors (Lipinski definition) is 4. The number of carbonyl (C=O) groups excluding carboxylic acids is 1. The van der Waals surface area contributed by atoms with Crippen molar-refractivity contribution in [2.75, 3.05) is 26.2 Å². The van der Waals surface area contributed by atoms with Crippen LogP contribution in [0.3, 0.4) is 0 Å². The van der Waals surface area contributed by atoms with Crippen molar-refractivity contribution in [2.24, 2.45) is 0 Å². The van der Waals surface area contributed by atoms with E-state index in [2.05, 4.69) is 26.2 Å². The Morgan fingerprint density at radius 3 is 2.95 bits per heavy atom. The van der Waals surface area contributed by atoms with E-state index in [-0.39, 0.29) is 5.91 Å². The normalized spacial score (nSPS) is 15.2. The first kappa shape index (κ1) is 14.7. The SMILES string of the molecule is O=C(Cc1csc(-c2cccc(Br)c2)n1)N1CCNCC1. The molecule has 0 saturated carbocycles. The molecule has 21 heavy (non-hydrogen) atoms. The molecule has 1 fully saturated rings. The van der Waals surface area contributed by atoms with E-state index in [0.29, 0.717) is 6.42 Å². The van der Waals surface area contributed by atoms with Gasteiger partial charge in [0.1, 0.15) is 5.01 Å². The largest absolute Gasteiger partial charge is 0.340 e. The molecule has 2 heterocycles. The number of carbonyl (C=O) groups is 1. The predicted molar refractivity (Wildman–Crippen MR) is 88.4 cm³/mol. The monoisotopic (exact) mass is 365 g/mol. The molecule has 4 nitrogen and oxygen atoms in total. The number of halogens is 1. The summed E-state index contributed by atoms with van der Waals surface area (Å²) in [7, 11) is 0. The predicted octanol–water partition coefficient (Wildman–Crippen LogP) is 2.55. The number of benzene rings is 1. The highest BCUT2D eigenvalue weighted by Crippen LogP contribution is 2.26. The fourth-order valence-electron chi connectivity index (χ4n) is 2.32. The number of hydrogen-bond donors (Lipinski definition) is 1. The highest BCUT2D eigenvalue weighted by Gasteiger charge is 2.17. The first-order valence-electron chi connectivity index (χ1n) is 6.91. The van der Waals surface area contributed by atoms with Crippen molar-refractivity contribution >= 4 is 33.2 Å². The van der Waals surface area contributed by atoms with Crippen molar-refractivity contribution in [3.63, 3.8) is 0 Å². The average molecular weight is 366 g/mol. The molecule has 0 radical (unpaired) electrons. The lowest BCUT2D eigenvalue weighted by molar-refractivity contribution is -0.131. The van der Waals surface area contributed by atoms with Crippen molar-refractivity contribution in [3.8, 4) is 10.6 Å². The Bertz CT molecular complexity index is 637. The molecule has 2 aromatic rings. The van der Waals surface area contributed by atoms with Crippen LogP contribution in [0.15, 0.2) is 34.1 Å². The summed E-state index contributed by atoms with van der Waals surface area (Å²) in [5.41, 5.74) is 1.94. The summed E-state index contributed by atoms with van der Waals surface area (Å²) in [6, 6.07) is 8.06. The smallest absolute Gasteiger partial charge is 0.228 e. The van der Waals surface area contributed by atoms with Crippen LogP contribution in [0.25, 0.3) is 10.6 Å². The van der Waals surface area contributed by atoms with E-state index in [4.69, 9.17) is 0 Å². The Labute approximate surface area is 136 Å². The lowest BCUT2D eigenvalue weighted by atomic mass is 10.2. The summed E-state index contributed by atoms with van der Waals surface area (Å²) in [5, 5.41) is 6.19. The zero-order valence-corrected chi connectivity index (χ0v) is 13.9. The van der Waals surface area contributed by atoms with E-state index in [1.165, 1.54) is 0 Å². The van der Waals surface area contributed by atoms with Crippen LogP contribution in [-0.2, 0) is 11.2 Å². The zero-order valence-electron chi connectivity index (χ0n) is 11.5. The van der Waals surface area contributed by atoms with Crippen molar-refractivity contribution < 1.29 is 4.79 Å². The van der Waals surface area contributed by atoms with Crippen molar-refractivity contribution in [1.29, 1.82) is 0 Å². The molecule has 3 rings (SSSR count). The van der Waals surface area contributed by atoms with Gasteiger partial charge in [-0.15, -0.1) is 11.3 Å². The van der Waals surface area contributed by atoms with E-state index in [1.807, 2.05) is 34.5 Å². The van der Waals surface area contributed by atoms with E-state index in [9.17, 15) is 4.79 Å². The van der Waals surface area contributed by atoms with Gasteiger partial charge in [-0.25, -0.2) is 4.98 Å². The summed E-state index contributed by atoms with van der Waals surface area (Å²) in [5.74, 6) is 0.169. The van der Waals surface area contributed by atoms with Crippen LogP contribution in [0.2, 0.25) is 0 Å². The Hall–Kier alpha value is -1.24. The number of nitrogens with zero attached hydrogens (tertiary/aromatic N) is 2. The molecule has 6 heteroatoms. The van der Waals surface area contributed by atoms with Gasteiger partial charge in [0.25, 0.3) is 0 Å². The Morgan fingerprint density at radius 1 is 1.38 bits per heavy atom. The molecule has 1 aliphatic heterocycles. The first-order valence-corrected chi connectivity index (χ1v) is 8.58. The second kappa shape index (κ2) is 6.68. The van der Waals surface area contributed by atoms with Crippen LogP contribution in [0.4, 0.5) is 0 Å². The molecule has 0 unspecified atom stereocenters. The number of thiazole rings is 1. The second-order valence-corrected chi connectivity index (χ2v) is 6.74. The third kappa shape index (κ3) is 3.70. The van der Waals surface area contributed by atoms with Crippen molar-refractivity contribution in [2.45, 2.75) is 6.42 Å². The molecule has 0 bridgehead atoms. The molecule has 1 amide bonds. The lowest BCUT2D eigenvalue weighted by Gasteiger charge is -2.27. The number of aromatic nitrogens is 1. The maximum atomic E-state index is 12.2. The van der Waals surface area contributed by atoms with Gasteiger partial charge in [-0.05, 0) is 12.1 Å². The third-order valence-electron chi connectivity index (χ3n) is 3.43. The topological polar surface area (TPSA) is 45.2 Å². The fraction of sp³-hybridized carbons (Fsp3) is 0.333. The molecule has 1 saturated heterocycles. The molecule has 1 aromatic heterocycles. The second-order valence-electron chi connectivity index (χ2n) is 4.96. The number of piperazine rings is 1. The maximum Gasteiger partial charge on any atom is 0.228 e. The van der Waals surface area contributed by atoms with Gasteiger partial charge in [-0.3, -0.25) is 4.79 Å². The molecular weight excluding hydrogens is 350 g/mol. The highest BCUT2D eigenvalue weighted by molar-refractivity contribution is 9.10. The first-order chi connectivity index (χ1) is 10.2. The molecule has 0 aliphatic carbocycles. The molecule has 110 valence electrons. The van der Waals surface area contributed by atoms with Gasteiger partial charge in [0, 0.05) is 41.6 Å². The fourth-order valence-corrected chi connectivity index (χ4v) is 3.54. The summed E-state index contributed by atoms with van der Waals surface area (Å²) in [6.45, 7) is 3.35. The summed E-state index contributed by atoms with van der Waals surface area (Å²) in [4.78, 5) is 18.7. The third-order valence-corrected chi connectivity index (χ3v) is 4.86. The molecule has 0 spiro atoms. The van der Waals surface area contributed by atoms with Gasteiger partial charge < -0.3 is 10.2 Å². The lowest BCUT2D eigenvalue weighted by Crippen LogP contribution is -2.46. The Balaban J connectivity index is 1.69. The van der Waals surface area contributed by atoms with Gasteiger partial charge >= 0.3 is 0 Å². The Kier molecular flexibility index (Phi) is 4.67. The standard InChI is InChI=1S/C15H16BrN3OS/c16-12-3-1-2-11(8-12)15-18-13(10-21-15)9-14(20)19-6-4-17-5-7-19/h1-3,8,10,17H,4-7,9H2. The van der Waals surface area contributed by atoms with Gasteiger partial charge in [0.2, 0.25) is 5.91 Å². The van der Waals surface area contributed by atoms with Crippen LogP contribution in [0.1, 0.15) is 5.69 Å². The van der Waals surface area contributed by atoms with Gasteiger partial charge in [0.15, 0.2) is 0 Å². The Morgan fingerprint density at radius 2 is 2.19 bits per heavy atom. The summed E-state index contributed by atoms with van der Waals surface area (Å²) < 4.78 is 1.04. The van der Waals surface area contributed by atoms with Crippen LogP contribution in [-0.4, -0.2) is 42.0 Å². The number of amides is 1. The van der Waals surface area contributed by atoms with Gasteiger partial charge in [-0.1, -0.05) is 28.1 Å². The minimum Gasteiger partial charge on any atom is -0.340 e. The molecule has 1 aromatic carbocycles. The zero-order chi connectivity index (χ0) is 14.7.